The summed E-state index contributed by atoms with van der Waals surface area (Å²) >= 11 is 6.03. The SMILES string of the molecule is CC1CCC(N(C)C(=O)c2nc(N)ccc2Cl)CC1. The molecular weight excluding hydrogens is 262 g/mol. The lowest BCUT2D eigenvalue weighted by atomic mass is 9.86. The lowest BCUT2D eigenvalue weighted by molar-refractivity contribution is 0.0674. The van der Waals surface area contributed by atoms with Crippen molar-refractivity contribution in [2.24, 2.45) is 5.92 Å². The molecule has 2 N–H and O–H groups in total. The zero-order valence-electron chi connectivity index (χ0n) is 11.4. The van der Waals surface area contributed by atoms with Gasteiger partial charge in [0.25, 0.3) is 5.91 Å². The van der Waals surface area contributed by atoms with Crippen LogP contribution in [-0.4, -0.2) is 28.9 Å². The maximum Gasteiger partial charge on any atom is 0.274 e. The van der Waals surface area contributed by atoms with Gasteiger partial charge in [0.2, 0.25) is 0 Å². The number of pyridine rings is 1. The van der Waals surface area contributed by atoms with E-state index in [0.717, 1.165) is 18.8 Å². The first-order chi connectivity index (χ1) is 8.99. The molecule has 104 valence electrons. The second-order valence-corrected chi connectivity index (χ2v) is 5.80. The summed E-state index contributed by atoms with van der Waals surface area (Å²) in [5.41, 5.74) is 5.87. The van der Waals surface area contributed by atoms with E-state index in [0.29, 0.717) is 10.8 Å². The molecule has 1 aromatic heterocycles. The molecular formula is C14H20ClN3O. The van der Waals surface area contributed by atoms with E-state index < -0.39 is 0 Å². The van der Waals surface area contributed by atoms with Crippen molar-refractivity contribution in [3.05, 3.63) is 22.8 Å². The Bertz CT molecular complexity index is 470. The highest BCUT2D eigenvalue weighted by atomic mass is 35.5. The molecule has 0 aromatic carbocycles. The number of hydrogen-bond donors (Lipinski definition) is 1. The second kappa shape index (κ2) is 5.78. The van der Waals surface area contributed by atoms with Crippen LogP contribution < -0.4 is 5.73 Å². The van der Waals surface area contributed by atoms with E-state index in [1.165, 1.54) is 12.8 Å². The molecule has 1 aliphatic rings. The van der Waals surface area contributed by atoms with Crippen molar-refractivity contribution in [1.82, 2.24) is 9.88 Å². The van der Waals surface area contributed by atoms with Crippen LogP contribution in [0.25, 0.3) is 0 Å². The zero-order valence-corrected chi connectivity index (χ0v) is 12.2. The van der Waals surface area contributed by atoms with E-state index in [1.807, 2.05) is 7.05 Å². The third kappa shape index (κ3) is 3.18. The van der Waals surface area contributed by atoms with Crippen LogP contribution in [0, 0.1) is 5.92 Å². The Morgan fingerprint density at radius 1 is 1.37 bits per heavy atom. The molecule has 1 aromatic rings. The summed E-state index contributed by atoms with van der Waals surface area (Å²) in [6.07, 6.45) is 4.42. The number of rotatable bonds is 2. The average Bonchev–Trinajstić information content (AvgIpc) is 2.41. The van der Waals surface area contributed by atoms with Crippen LogP contribution in [0.15, 0.2) is 12.1 Å². The monoisotopic (exact) mass is 281 g/mol. The number of halogens is 1. The van der Waals surface area contributed by atoms with Gasteiger partial charge in [0.1, 0.15) is 11.5 Å². The van der Waals surface area contributed by atoms with Crippen LogP contribution in [0.3, 0.4) is 0 Å². The van der Waals surface area contributed by atoms with E-state index in [2.05, 4.69) is 11.9 Å². The van der Waals surface area contributed by atoms with Crippen molar-refractivity contribution in [2.75, 3.05) is 12.8 Å². The lowest BCUT2D eigenvalue weighted by Crippen LogP contribution is -2.39. The standard InChI is InChI=1S/C14H20ClN3O/c1-9-3-5-10(6-4-9)18(2)14(19)13-11(15)7-8-12(16)17-13/h7-10H,3-6H2,1-2H3,(H2,16,17). The topological polar surface area (TPSA) is 59.2 Å². The Hall–Kier alpha value is -1.29. The van der Waals surface area contributed by atoms with Crippen LogP contribution in [0.2, 0.25) is 5.02 Å². The summed E-state index contributed by atoms with van der Waals surface area (Å²) in [5.74, 6) is 0.934. The van der Waals surface area contributed by atoms with Crippen LogP contribution in [0.1, 0.15) is 43.1 Å². The second-order valence-electron chi connectivity index (χ2n) is 5.40. The molecule has 1 heterocycles. The van der Waals surface area contributed by atoms with Gasteiger partial charge in [0, 0.05) is 13.1 Å². The predicted octanol–water partition coefficient (Wildman–Crippen LogP) is 2.97. The summed E-state index contributed by atoms with van der Waals surface area (Å²) in [6, 6.07) is 3.50. The van der Waals surface area contributed by atoms with Crippen LogP contribution in [0.4, 0.5) is 5.82 Å². The number of nitrogens with zero attached hydrogens (tertiary/aromatic N) is 2. The van der Waals surface area contributed by atoms with E-state index >= 15 is 0 Å². The smallest absolute Gasteiger partial charge is 0.274 e. The van der Waals surface area contributed by atoms with Crippen molar-refractivity contribution < 1.29 is 4.79 Å². The van der Waals surface area contributed by atoms with Crippen molar-refractivity contribution >= 4 is 23.3 Å². The van der Waals surface area contributed by atoms with E-state index in [1.54, 1.807) is 17.0 Å². The molecule has 19 heavy (non-hydrogen) atoms. The molecule has 1 amide bonds. The number of aromatic nitrogens is 1. The molecule has 2 rings (SSSR count). The number of carbonyl (C=O) groups is 1. The summed E-state index contributed by atoms with van der Waals surface area (Å²) < 4.78 is 0. The Morgan fingerprint density at radius 3 is 2.63 bits per heavy atom. The Morgan fingerprint density at radius 2 is 2.00 bits per heavy atom. The van der Waals surface area contributed by atoms with Crippen molar-refractivity contribution in [2.45, 2.75) is 38.6 Å². The largest absolute Gasteiger partial charge is 0.384 e. The summed E-state index contributed by atoms with van der Waals surface area (Å²) in [6.45, 7) is 2.26. The normalized spacial score (nSPS) is 23.1. The predicted molar refractivity (Wildman–Crippen MR) is 77.2 cm³/mol. The van der Waals surface area contributed by atoms with Gasteiger partial charge in [-0.25, -0.2) is 4.98 Å². The van der Waals surface area contributed by atoms with Gasteiger partial charge in [-0.05, 0) is 43.7 Å². The minimum atomic E-state index is -0.142. The molecule has 1 aliphatic carbocycles. The molecule has 0 bridgehead atoms. The Labute approximate surface area is 118 Å². The molecule has 1 saturated carbocycles. The van der Waals surface area contributed by atoms with Crippen LogP contribution in [-0.2, 0) is 0 Å². The van der Waals surface area contributed by atoms with Crippen LogP contribution in [0.5, 0.6) is 0 Å². The number of carbonyl (C=O) groups excluding carboxylic acids is 1. The minimum Gasteiger partial charge on any atom is -0.384 e. The highest BCUT2D eigenvalue weighted by Crippen LogP contribution is 2.28. The Kier molecular flexibility index (Phi) is 4.30. The van der Waals surface area contributed by atoms with Crippen LogP contribution >= 0.6 is 11.6 Å². The fourth-order valence-corrected chi connectivity index (χ4v) is 2.76. The summed E-state index contributed by atoms with van der Waals surface area (Å²) in [4.78, 5) is 18.2. The van der Waals surface area contributed by atoms with Crippen molar-refractivity contribution in [3.63, 3.8) is 0 Å². The fraction of sp³-hybridized carbons (Fsp3) is 0.571. The molecule has 5 heteroatoms. The molecule has 0 spiro atoms. The molecule has 0 saturated heterocycles. The third-order valence-electron chi connectivity index (χ3n) is 3.92. The van der Waals surface area contributed by atoms with Gasteiger partial charge in [0.15, 0.2) is 0 Å². The van der Waals surface area contributed by atoms with Gasteiger partial charge in [-0.3, -0.25) is 4.79 Å². The molecule has 0 aliphatic heterocycles. The number of anilines is 1. The maximum atomic E-state index is 12.4. The quantitative estimate of drug-likeness (QED) is 0.907. The lowest BCUT2D eigenvalue weighted by Gasteiger charge is -2.33. The number of hydrogen-bond acceptors (Lipinski definition) is 3. The molecule has 1 fully saturated rings. The number of nitrogen functional groups attached to an aromatic ring is 1. The Balaban J connectivity index is 2.12. The van der Waals surface area contributed by atoms with Gasteiger partial charge < -0.3 is 10.6 Å². The average molecular weight is 282 g/mol. The summed E-state index contributed by atoms with van der Waals surface area (Å²) in [7, 11) is 1.82. The van der Waals surface area contributed by atoms with Crippen molar-refractivity contribution in [1.29, 1.82) is 0 Å². The summed E-state index contributed by atoms with van der Waals surface area (Å²) in [5, 5.41) is 0.357. The first-order valence-corrected chi connectivity index (χ1v) is 7.06. The number of amides is 1. The minimum absolute atomic E-state index is 0.142. The fourth-order valence-electron chi connectivity index (χ4n) is 2.57. The number of nitrogens with two attached hydrogens (primary N) is 1. The first kappa shape index (κ1) is 14.1. The maximum absolute atomic E-state index is 12.4. The highest BCUT2D eigenvalue weighted by molar-refractivity contribution is 6.33. The molecule has 4 nitrogen and oxygen atoms in total. The van der Waals surface area contributed by atoms with Gasteiger partial charge in [-0.15, -0.1) is 0 Å². The van der Waals surface area contributed by atoms with E-state index in [9.17, 15) is 4.79 Å². The van der Waals surface area contributed by atoms with Gasteiger partial charge in [-0.1, -0.05) is 18.5 Å². The molecule has 0 unspecified atom stereocenters. The molecule has 0 atom stereocenters. The van der Waals surface area contributed by atoms with E-state index in [4.69, 9.17) is 17.3 Å². The zero-order chi connectivity index (χ0) is 14.0. The first-order valence-electron chi connectivity index (χ1n) is 6.68. The molecule has 0 radical (unpaired) electrons. The van der Waals surface area contributed by atoms with E-state index in [-0.39, 0.29) is 17.6 Å². The van der Waals surface area contributed by atoms with Gasteiger partial charge >= 0.3 is 0 Å². The highest BCUT2D eigenvalue weighted by Gasteiger charge is 2.27. The van der Waals surface area contributed by atoms with Crippen molar-refractivity contribution in [3.8, 4) is 0 Å². The van der Waals surface area contributed by atoms with Gasteiger partial charge in [0.05, 0.1) is 5.02 Å². The third-order valence-corrected chi connectivity index (χ3v) is 4.23. The van der Waals surface area contributed by atoms with Gasteiger partial charge in [-0.2, -0.15) is 0 Å².